The Labute approximate surface area is 101 Å². The minimum atomic E-state index is -0.178. The molecule has 6 nitrogen and oxygen atoms in total. The molecule has 94 valence electrons. The number of likely N-dealkylation sites (tertiary alicyclic amines) is 1. The number of aromatic nitrogens is 2. The second-order valence-electron chi connectivity index (χ2n) is 4.43. The standard InChI is InChI=1S/C11H19N5O/c1-4-7-9(12)10(16(3)14-7)13-8-5-6-15(2)11(8)17/h8,13H,4-6,12H2,1-3H3. The van der Waals surface area contributed by atoms with E-state index in [-0.39, 0.29) is 11.9 Å². The van der Waals surface area contributed by atoms with E-state index >= 15 is 0 Å². The van der Waals surface area contributed by atoms with Crippen LogP contribution in [-0.4, -0.2) is 40.2 Å². The van der Waals surface area contributed by atoms with E-state index in [0.717, 1.165) is 30.9 Å². The zero-order chi connectivity index (χ0) is 12.6. The van der Waals surface area contributed by atoms with Crippen molar-refractivity contribution in [3.8, 4) is 0 Å². The van der Waals surface area contributed by atoms with Gasteiger partial charge >= 0.3 is 0 Å². The molecule has 1 saturated heterocycles. The van der Waals surface area contributed by atoms with Gasteiger partial charge in [0, 0.05) is 20.6 Å². The van der Waals surface area contributed by atoms with Crippen LogP contribution in [0.4, 0.5) is 11.5 Å². The number of nitrogens with one attached hydrogen (secondary N) is 1. The van der Waals surface area contributed by atoms with Gasteiger partial charge in [-0.3, -0.25) is 9.48 Å². The first kappa shape index (κ1) is 11.8. The van der Waals surface area contributed by atoms with Crippen molar-refractivity contribution in [3.63, 3.8) is 0 Å². The Morgan fingerprint density at radius 1 is 1.53 bits per heavy atom. The SMILES string of the molecule is CCc1nn(C)c(NC2CCN(C)C2=O)c1N. The van der Waals surface area contributed by atoms with Crippen LogP contribution in [0.25, 0.3) is 0 Å². The fraction of sp³-hybridized carbons (Fsp3) is 0.636. The molecule has 17 heavy (non-hydrogen) atoms. The number of carbonyl (C=O) groups is 1. The molecule has 1 aliphatic heterocycles. The second-order valence-corrected chi connectivity index (χ2v) is 4.43. The Kier molecular flexibility index (Phi) is 2.95. The lowest BCUT2D eigenvalue weighted by atomic mass is 10.2. The molecule has 1 unspecified atom stereocenters. The number of nitrogen functional groups attached to an aromatic ring is 1. The van der Waals surface area contributed by atoms with Gasteiger partial charge in [-0.1, -0.05) is 6.92 Å². The van der Waals surface area contributed by atoms with Gasteiger partial charge in [-0.05, 0) is 12.8 Å². The Morgan fingerprint density at radius 2 is 2.24 bits per heavy atom. The van der Waals surface area contributed by atoms with E-state index in [2.05, 4.69) is 10.4 Å². The van der Waals surface area contributed by atoms with Crippen LogP contribution < -0.4 is 11.1 Å². The summed E-state index contributed by atoms with van der Waals surface area (Å²) in [7, 11) is 3.65. The average molecular weight is 237 g/mol. The predicted octanol–water partition coefficient (Wildman–Crippen LogP) is 0.207. The van der Waals surface area contributed by atoms with E-state index in [1.165, 1.54) is 0 Å². The van der Waals surface area contributed by atoms with Crippen LogP contribution in [0.1, 0.15) is 19.0 Å². The number of hydrogen-bond acceptors (Lipinski definition) is 4. The van der Waals surface area contributed by atoms with Gasteiger partial charge in [0.15, 0.2) is 0 Å². The first-order chi connectivity index (χ1) is 8.04. The monoisotopic (exact) mass is 237 g/mol. The van der Waals surface area contributed by atoms with Gasteiger partial charge in [0.1, 0.15) is 11.9 Å². The summed E-state index contributed by atoms with van der Waals surface area (Å²) in [4.78, 5) is 13.5. The van der Waals surface area contributed by atoms with Crippen LogP contribution >= 0.6 is 0 Å². The van der Waals surface area contributed by atoms with Crippen molar-refractivity contribution in [2.24, 2.45) is 7.05 Å². The summed E-state index contributed by atoms with van der Waals surface area (Å²) >= 11 is 0. The number of carbonyl (C=O) groups excluding carboxylic acids is 1. The normalized spacial score (nSPS) is 20.1. The summed E-state index contributed by atoms with van der Waals surface area (Å²) in [6.07, 6.45) is 1.60. The quantitative estimate of drug-likeness (QED) is 0.788. The van der Waals surface area contributed by atoms with Crippen molar-refractivity contribution in [2.75, 3.05) is 24.6 Å². The number of likely N-dealkylation sites (N-methyl/N-ethyl adjacent to an activating group) is 1. The van der Waals surface area contributed by atoms with Crippen molar-refractivity contribution in [2.45, 2.75) is 25.8 Å². The van der Waals surface area contributed by atoms with Gasteiger partial charge < -0.3 is 16.0 Å². The lowest BCUT2D eigenvalue weighted by Crippen LogP contribution is -2.31. The highest BCUT2D eigenvalue weighted by Gasteiger charge is 2.30. The maximum Gasteiger partial charge on any atom is 0.244 e. The highest BCUT2D eigenvalue weighted by molar-refractivity contribution is 5.87. The third-order valence-electron chi connectivity index (χ3n) is 3.23. The Hall–Kier alpha value is -1.72. The fourth-order valence-corrected chi connectivity index (χ4v) is 2.15. The summed E-state index contributed by atoms with van der Waals surface area (Å²) in [6.45, 7) is 2.80. The zero-order valence-corrected chi connectivity index (χ0v) is 10.5. The van der Waals surface area contributed by atoms with E-state index in [4.69, 9.17) is 5.73 Å². The molecule has 1 amide bonds. The zero-order valence-electron chi connectivity index (χ0n) is 10.5. The van der Waals surface area contributed by atoms with Crippen LogP contribution in [0.15, 0.2) is 0 Å². The van der Waals surface area contributed by atoms with Crippen molar-refractivity contribution in [3.05, 3.63) is 5.69 Å². The first-order valence-corrected chi connectivity index (χ1v) is 5.87. The molecule has 0 spiro atoms. The molecule has 1 aromatic rings. The minimum absolute atomic E-state index is 0.114. The van der Waals surface area contributed by atoms with E-state index in [9.17, 15) is 4.79 Å². The molecule has 0 bridgehead atoms. The second kappa shape index (κ2) is 4.27. The summed E-state index contributed by atoms with van der Waals surface area (Å²) in [5.74, 6) is 0.860. The first-order valence-electron chi connectivity index (χ1n) is 5.87. The fourth-order valence-electron chi connectivity index (χ4n) is 2.15. The molecule has 6 heteroatoms. The Balaban J connectivity index is 2.19. The molecule has 1 aliphatic rings. The number of aryl methyl sites for hydroxylation is 2. The van der Waals surface area contributed by atoms with E-state index in [0.29, 0.717) is 5.69 Å². The molecule has 3 N–H and O–H groups in total. The molecule has 0 radical (unpaired) electrons. The summed E-state index contributed by atoms with van der Waals surface area (Å²) in [5.41, 5.74) is 7.52. The molecular formula is C11H19N5O. The van der Waals surface area contributed by atoms with Crippen molar-refractivity contribution in [1.29, 1.82) is 0 Å². The third-order valence-corrected chi connectivity index (χ3v) is 3.23. The van der Waals surface area contributed by atoms with Crippen LogP contribution in [0.2, 0.25) is 0 Å². The molecular weight excluding hydrogens is 218 g/mol. The predicted molar refractivity (Wildman–Crippen MR) is 66.7 cm³/mol. The lowest BCUT2D eigenvalue weighted by Gasteiger charge is -2.14. The van der Waals surface area contributed by atoms with Crippen molar-refractivity contribution >= 4 is 17.4 Å². The van der Waals surface area contributed by atoms with Crippen LogP contribution in [0, 0.1) is 0 Å². The number of rotatable bonds is 3. The summed E-state index contributed by atoms with van der Waals surface area (Å²) in [5, 5.41) is 7.52. The van der Waals surface area contributed by atoms with E-state index in [1.807, 2.05) is 21.0 Å². The molecule has 1 atom stereocenters. The van der Waals surface area contributed by atoms with Gasteiger partial charge in [-0.15, -0.1) is 0 Å². The van der Waals surface area contributed by atoms with Gasteiger partial charge in [0.05, 0.1) is 11.4 Å². The molecule has 2 heterocycles. The van der Waals surface area contributed by atoms with Gasteiger partial charge in [0.2, 0.25) is 5.91 Å². The number of nitrogens with two attached hydrogens (primary N) is 1. The van der Waals surface area contributed by atoms with Gasteiger partial charge in [-0.2, -0.15) is 5.10 Å². The maximum absolute atomic E-state index is 11.8. The maximum atomic E-state index is 11.8. The summed E-state index contributed by atoms with van der Waals surface area (Å²) in [6, 6.07) is -0.178. The molecule has 1 aromatic heterocycles. The molecule has 1 fully saturated rings. The Morgan fingerprint density at radius 3 is 2.71 bits per heavy atom. The van der Waals surface area contributed by atoms with Crippen molar-refractivity contribution in [1.82, 2.24) is 14.7 Å². The highest BCUT2D eigenvalue weighted by atomic mass is 16.2. The largest absolute Gasteiger partial charge is 0.394 e. The van der Waals surface area contributed by atoms with Crippen LogP contribution in [-0.2, 0) is 18.3 Å². The van der Waals surface area contributed by atoms with Crippen LogP contribution in [0.3, 0.4) is 0 Å². The average Bonchev–Trinajstić information content (AvgIpc) is 2.76. The smallest absolute Gasteiger partial charge is 0.244 e. The number of amides is 1. The summed E-state index contributed by atoms with van der Waals surface area (Å²) < 4.78 is 1.71. The topological polar surface area (TPSA) is 76.2 Å². The third kappa shape index (κ3) is 1.94. The van der Waals surface area contributed by atoms with E-state index < -0.39 is 0 Å². The highest BCUT2D eigenvalue weighted by Crippen LogP contribution is 2.25. The van der Waals surface area contributed by atoms with E-state index in [1.54, 1.807) is 9.58 Å². The number of nitrogens with zero attached hydrogens (tertiary/aromatic N) is 3. The molecule has 2 rings (SSSR count). The number of anilines is 2. The lowest BCUT2D eigenvalue weighted by molar-refractivity contribution is -0.127. The van der Waals surface area contributed by atoms with Crippen LogP contribution in [0.5, 0.6) is 0 Å². The van der Waals surface area contributed by atoms with Gasteiger partial charge in [0.25, 0.3) is 0 Å². The molecule has 0 aromatic carbocycles. The number of hydrogen-bond donors (Lipinski definition) is 2. The Bertz CT molecular complexity index is 439. The molecule has 0 aliphatic carbocycles. The van der Waals surface area contributed by atoms with Gasteiger partial charge in [-0.25, -0.2) is 0 Å². The minimum Gasteiger partial charge on any atom is -0.394 e. The van der Waals surface area contributed by atoms with Crippen molar-refractivity contribution < 1.29 is 4.79 Å². The molecule has 0 saturated carbocycles.